The summed E-state index contributed by atoms with van der Waals surface area (Å²) in [6, 6.07) is 9.60. The minimum absolute atomic E-state index is 0.0114. The highest BCUT2D eigenvalue weighted by Gasteiger charge is 2.09. The van der Waals surface area contributed by atoms with Crippen molar-refractivity contribution in [2.75, 3.05) is 6.26 Å². The van der Waals surface area contributed by atoms with Gasteiger partial charge in [0.25, 0.3) is 10.1 Å². The van der Waals surface area contributed by atoms with Crippen molar-refractivity contribution in [2.45, 2.75) is 13.5 Å². The zero-order valence-corrected chi connectivity index (χ0v) is 11.0. The highest BCUT2D eigenvalue weighted by molar-refractivity contribution is 7.85. The fourth-order valence-corrected chi connectivity index (χ4v) is 1.86. The van der Waals surface area contributed by atoms with Crippen LogP contribution in [0.15, 0.2) is 36.5 Å². The molecule has 6 heteroatoms. The maximum atomic E-state index is 10.9. The van der Waals surface area contributed by atoms with Gasteiger partial charge >= 0.3 is 0 Å². The zero-order valence-electron chi connectivity index (χ0n) is 10.2. The van der Waals surface area contributed by atoms with Gasteiger partial charge in [0, 0.05) is 11.8 Å². The first kappa shape index (κ1) is 12.8. The molecule has 0 aliphatic rings. The van der Waals surface area contributed by atoms with E-state index in [0.717, 1.165) is 23.2 Å². The van der Waals surface area contributed by atoms with E-state index < -0.39 is 10.1 Å². The fraction of sp³-hybridized carbons (Fsp3) is 0.250. The van der Waals surface area contributed by atoms with Gasteiger partial charge in [-0.1, -0.05) is 18.2 Å². The molecule has 0 unspecified atom stereocenters. The highest BCUT2D eigenvalue weighted by Crippen LogP contribution is 2.13. The molecule has 5 nitrogen and oxygen atoms in total. The molecule has 0 aliphatic heterocycles. The molecule has 0 radical (unpaired) electrons. The van der Waals surface area contributed by atoms with Gasteiger partial charge < -0.3 is 0 Å². The van der Waals surface area contributed by atoms with Crippen molar-refractivity contribution in [2.24, 2.45) is 0 Å². The Morgan fingerprint density at radius 3 is 2.56 bits per heavy atom. The quantitative estimate of drug-likeness (QED) is 0.790. The normalized spacial score (nSPS) is 11.7. The minimum Gasteiger partial charge on any atom is -0.265 e. The summed E-state index contributed by atoms with van der Waals surface area (Å²) < 4.78 is 28.4. The van der Waals surface area contributed by atoms with E-state index in [9.17, 15) is 8.42 Å². The third kappa shape index (κ3) is 3.18. The predicted molar refractivity (Wildman–Crippen MR) is 67.9 cm³/mol. The average molecular weight is 266 g/mol. The number of rotatable bonds is 4. The predicted octanol–water partition coefficient (Wildman–Crippen LogP) is 1.66. The first-order valence-electron chi connectivity index (χ1n) is 5.41. The third-order valence-electron chi connectivity index (χ3n) is 2.45. The standard InChI is InChI=1S/C12H14N2O3S/c1-10-11(9-17-18(2,15)16)8-14(13-10)12-6-4-3-5-7-12/h3-8H,9H2,1-2H3. The Morgan fingerprint density at radius 1 is 1.28 bits per heavy atom. The number of para-hydroxylation sites is 1. The van der Waals surface area contributed by atoms with Gasteiger partial charge in [-0.15, -0.1) is 0 Å². The SMILES string of the molecule is Cc1nn(-c2ccccc2)cc1COS(C)(=O)=O. The van der Waals surface area contributed by atoms with Gasteiger partial charge in [0.1, 0.15) is 0 Å². The zero-order chi connectivity index (χ0) is 13.2. The molecular weight excluding hydrogens is 252 g/mol. The summed E-state index contributed by atoms with van der Waals surface area (Å²) in [6.07, 6.45) is 2.81. The number of benzene rings is 1. The summed E-state index contributed by atoms with van der Waals surface area (Å²) in [5.74, 6) is 0. The van der Waals surface area contributed by atoms with E-state index in [-0.39, 0.29) is 6.61 Å². The van der Waals surface area contributed by atoms with Crippen LogP contribution in [0.4, 0.5) is 0 Å². The van der Waals surface area contributed by atoms with E-state index in [0.29, 0.717) is 0 Å². The molecule has 0 N–H and O–H groups in total. The lowest BCUT2D eigenvalue weighted by molar-refractivity contribution is 0.311. The molecule has 0 fully saturated rings. The Hall–Kier alpha value is -1.66. The molecule has 0 saturated carbocycles. The van der Waals surface area contributed by atoms with E-state index >= 15 is 0 Å². The van der Waals surface area contributed by atoms with E-state index in [1.54, 1.807) is 10.9 Å². The van der Waals surface area contributed by atoms with Crippen molar-refractivity contribution in [3.63, 3.8) is 0 Å². The molecule has 1 aromatic heterocycles. The summed E-state index contributed by atoms with van der Waals surface area (Å²) in [7, 11) is -3.43. The lowest BCUT2D eigenvalue weighted by Gasteiger charge is -1.99. The van der Waals surface area contributed by atoms with Gasteiger partial charge in [-0.3, -0.25) is 4.18 Å². The van der Waals surface area contributed by atoms with Crippen molar-refractivity contribution in [1.82, 2.24) is 9.78 Å². The first-order chi connectivity index (χ1) is 8.46. The highest BCUT2D eigenvalue weighted by atomic mass is 32.2. The number of hydrogen-bond acceptors (Lipinski definition) is 4. The van der Waals surface area contributed by atoms with Crippen LogP contribution in [0.1, 0.15) is 11.3 Å². The van der Waals surface area contributed by atoms with E-state index in [1.165, 1.54) is 0 Å². The Morgan fingerprint density at radius 2 is 1.94 bits per heavy atom. The monoisotopic (exact) mass is 266 g/mol. The Kier molecular flexibility index (Phi) is 3.49. The largest absolute Gasteiger partial charge is 0.265 e. The second-order valence-electron chi connectivity index (χ2n) is 3.99. The molecule has 2 aromatic rings. The van der Waals surface area contributed by atoms with Crippen LogP contribution in [0, 0.1) is 6.92 Å². The van der Waals surface area contributed by atoms with Crippen molar-refractivity contribution in [1.29, 1.82) is 0 Å². The van der Waals surface area contributed by atoms with Gasteiger partial charge in [-0.25, -0.2) is 4.68 Å². The van der Waals surface area contributed by atoms with E-state index in [2.05, 4.69) is 5.10 Å². The van der Waals surface area contributed by atoms with Crippen molar-refractivity contribution in [3.8, 4) is 5.69 Å². The molecule has 0 spiro atoms. The summed E-state index contributed by atoms with van der Waals surface area (Å²) in [4.78, 5) is 0. The smallest absolute Gasteiger partial charge is 0.264 e. The van der Waals surface area contributed by atoms with Crippen LogP contribution in [-0.4, -0.2) is 24.5 Å². The van der Waals surface area contributed by atoms with Crippen LogP contribution in [0.3, 0.4) is 0 Å². The van der Waals surface area contributed by atoms with Gasteiger partial charge in [0.15, 0.2) is 0 Å². The van der Waals surface area contributed by atoms with Crippen LogP contribution in [0.5, 0.6) is 0 Å². The Balaban J connectivity index is 2.23. The van der Waals surface area contributed by atoms with E-state index in [4.69, 9.17) is 4.18 Å². The maximum absolute atomic E-state index is 10.9. The van der Waals surface area contributed by atoms with Crippen LogP contribution < -0.4 is 0 Å². The lowest BCUT2D eigenvalue weighted by Crippen LogP contribution is -2.02. The first-order valence-corrected chi connectivity index (χ1v) is 7.22. The van der Waals surface area contributed by atoms with Crippen molar-refractivity contribution < 1.29 is 12.6 Å². The molecule has 0 atom stereocenters. The second kappa shape index (κ2) is 4.91. The Labute approximate surface area is 106 Å². The topological polar surface area (TPSA) is 61.2 Å². The minimum atomic E-state index is -3.43. The number of hydrogen-bond donors (Lipinski definition) is 0. The number of aromatic nitrogens is 2. The van der Waals surface area contributed by atoms with E-state index in [1.807, 2.05) is 37.3 Å². The molecule has 0 bridgehead atoms. The summed E-state index contributed by atoms with van der Waals surface area (Å²) in [6.45, 7) is 1.83. The molecule has 2 rings (SSSR count). The fourth-order valence-electron chi connectivity index (χ4n) is 1.52. The molecule has 0 aliphatic carbocycles. The summed E-state index contributed by atoms with van der Waals surface area (Å²) in [5, 5.41) is 4.32. The number of nitrogens with zero attached hydrogens (tertiary/aromatic N) is 2. The Bertz CT molecular complexity index is 633. The van der Waals surface area contributed by atoms with Crippen LogP contribution in [0.2, 0.25) is 0 Å². The molecule has 0 amide bonds. The third-order valence-corrected chi connectivity index (χ3v) is 3.00. The van der Waals surface area contributed by atoms with Crippen LogP contribution >= 0.6 is 0 Å². The molecule has 1 aromatic carbocycles. The maximum Gasteiger partial charge on any atom is 0.264 e. The second-order valence-corrected chi connectivity index (χ2v) is 5.63. The van der Waals surface area contributed by atoms with Gasteiger partial charge in [-0.05, 0) is 19.1 Å². The summed E-state index contributed by atoms with van der Waals surface area (Å²) >= 11 is 0. The van der Waals surface area contributed by atoms with Gasteiger partial charge in [0.2, 0.25) is 0 Å². The lowest BCUT2D eigenvalue weighted by atomic mass is 10.3. The average Bonchev–Trinajstić information content (AvgIpc) is 2.68. The summed E-state index contributed by atoms with van der Waals surface area (Å²) in [5.41, 5.74) is 2.43. The van der Waals surface area contributed by atoms with Crippen molar-refractivity contribution >= 4 is 10.1 Å². The molecule has 1 heterocycles. The van der Waals surface area contributed by atoms with Crippen LogP contribution in [-0.2, 0) is 20.9 Å². The number of aryl methyl sites for hydroxylation is 1. The van der Waals surface area contributed by atoms with Crippen LogP contribution in [0.25, 0.3) is 5.69 Å². The molecular formula is C12H14N2O3S. The molecule has 18 heavy (non-hydrogen) atoms. The van der Waals surface area contributed by atoms with Crippen molar-refractivity contribution in [3.05, 3.63) is 47.8 Å². The van der Waals surface area contributed by atoms with Gasteiger partial charge in [-0.2, -0.15) is 13.5 Å². The van der Waals surface area contributed by atoms with Gasteiger partial charge in [0.05, 0.1) is 24.2 Å². The molecule has 0 saturated heterocycles. The molecule has 96 valence electrons.